The molecule has 1 unspecified atom stereocenters. The van der Waals surface area contributed by atoms with Crippen LogP contribution in [-0.4, -0.2) is 29.6 Å². The highest BCUT2D eigenvalue weighted by atomic mass is 15.2. The smallest absolute Gasteiger partial charge is 0.225 e. The third kappa shape index (κ3) is 3.51. The lowest BCUT2D eigenvalue weighted by atomic mass is 10.1. The average molecular weight is 256 g/mol. The average Bonchev–Trinajstić information content (AvgIpc) is 2.39. The number of benzene rings is 1. The van der Waals surface area contributed by atoms with Crippen LogP contribution in [0.4, 0.5) is 5.95 Å². The molecule has 19 heavy (non-hydrogen) atoms. The summed E-state index contributed by atoms with van der Waals surface area (Å²) in [7, 11) is 1.95. The highest BCUT2D eigenvalue weighted by Crippen LogP contribution is 2.19. The summed E-state index contributed by atoms with van der Waals surface area (Å²) >= 11 is 0. The van der Waals surface area contributed by atoms with Crippen molar-refractivity contribution in [1.82, 2.24) is 9.97 Å². The molecule has 0 spiro atoms. The topological polar surface area (TPSA) is 55.0 Å². The molecule has 2 N–H and O–H groups in total. The fourth-order valence-corrected chi connectivity index (χ4v) is 1.93. The number of hydrogen-bond acceptors (Lipinski definition) is 4. The maximum Gasteiger partial charge on any atom is 0.225 e. The van der Waals surface area contributed by atoms with Crippen molar-refractivity contribution in [3.05, 3.63) is 42.2 Å². The van der Waals surface area contributed by atoms with Gasteiger partial charge in [-0.1, -0.05) is 29.8 Å². The number of hydrogen-bond donors (Lipinski definition) is 1. The minimum absolute atomic E-state index is 0.102. The first kappa shape index (κ1) is 13.5. The number of nitrogens with two attached hydrogens (primary N) is 1. The van der Waals surface area contributed by atoms with Gasteiger partial charge in [-0.3, -0.25) is 0 Å². The molecule has 0 aliphatic rings. The lowest BCUT2D eigenvalue weighted by molar-refractivity contribution is 0.704. The zero-order valence-electron chi connectivity index (χ0n) is 11.7. The molecular weight excluding hydrogens is 236 g/mol. The Morgan fingerprint density at radius 3 is 2.21 bits per heavy atom. The van der Waals surface area contributed by atoms with Gasteiger partial charge < -0.3 is 10.6 Å². The molecule has 0 amide bonds. The molecule has 0 bridgehead atoms. The Labute approximate surface area is 114 Å². The number of nitrogens with zero attached hydrogens (tertiary/aromatic N) is 3. The van der Waals surface area contributed by atoms with E-state index in [2.05, 4.69) is 41.2 Å². The van der Waals surface area contributed by atoms with Crippen LogP contribution in [0.2, 0.25) is 0 Å². The normalized spacial score (nSPS) is 12.2. The first-order valence-corrected chi connectivity index (χ1v) is 6.42. The maximum absolute atomic E-state index is 5.77. The Kier molecular flexibility index (Phi) is 4.12. The van der Waals surface area contributed by atoms with Crippen molar-refractivity contribution >= 4 is 5.95 Å². The van der Waals surface area contributed by atoms with E-state index in [1.54, 1.807) is 0 Å². The minimum atomic E-state index is 0.102. The van der Waals surface area contributed by atoms with E-state index in [9.17, 15) is 0 Å². The molecule has 4 nitrogen and oxygen atoms in total. The SMILES string of the molecule is Cc1ccc(-c2cnc(N(C)CC(C)N)nc2)cc1. The molecule has 0 radical (unpaired) electrons. The molecule has 2 rings (SSSR count). The third-order valence-electron chi connectivity index (χ3n) is 2.93. The van der Waals surface area contributed by atoms with Crippen molar-refractivity contribution in [3.8, 4) is 11.1 Å². The van der Waals surface area contributed by atoms with E-state index in [-0.39, 0.29) is 6.04 Å². The van der Waals surface area contributed by atoms with Gasteiger partial charge in [0.05, 0.1) is 0 Å². The van der Waals surface area contributed by atoms with Crippen LogP contribution in [0.3, 0.4) is 0 Å². The Morgan fingerprint density at radius 2 is 1.68 bits per heavy atom. The molecule has 1 aromatic carbocycles. The number of aromatic nitrogens is 2. The van der Waals surface area contributed by atoms with Gasteiger partial charge in [0.1, 0.15) is 0 Å². The summed E-state index contributed by atoms with van der Waals surface area (Å²) in [6, 6.07) is 8.45. The van der Waals surface area contributed by atoms with E-state index in [4.69, 9.17) is 5.73 Å². The van der Waals surface area contributed by atoms with Crippen LogP contribution in [0.25, 0.3) is 11.1 Å². The zero-order chi connectivity index (χ0) is 13.8. The predicted molar refractivity (Wildman–Crippen MR) is 79.1 cm³/mol. The van der Waals surface area contributed by atoms with Gasteiger partial charge in [-0.05, 0) is 19.4 Å². The van der Waals surface area contributed by atoms with Gasteiger partial charge in [-0.15, -0.1) is 0 Å². The summed E-state index contributed by atoms with van der Waals surface area (Å²) in [5.41, 5.74) is 9.17. The number of aryl methyl sites for hydroxylation is 1. The molecule has 0 saturated carbocycles. The summed E-state index contributed by atoms with van der Waals surface area (Å²) in [5.74, 6) is 0.702. The van der Waals surface area contributed by atoms with Crippen LogP contribution in [0, 0.1) is 6.92 Å². The van der Waals surface area contributed by atoms with E-state index in [1.165, 1.54) is 5.56 Å². The molecule has 4 heteroatoms. The van der Waals surface area contributed by atoms with E-state index in [0.29, 0.717) is 5.95 Å². The lowest BCUT2D eigenvalue weighted by Gasteiger charge is -2.19. The van der Waals surface area contributed by atoms with Crippen LogP contribution in [0.1, 0.15) is 12.5 Å². The molecule has 0 aliphatic heterocycles. The second-order valence-electron chi connectivity index (χ2n) is 5.00. The fraction of sp³-hybridized carbons (Fsp3) is 0.333. The molecular formula is C15H20N4. The van der Waals surface area contributed by atoms with E-state index >= 15 is 0 Å². The molecule has 0 fully saturated rings. The van der Waals surface area contributed by atoms with Gasteiger partial charge in [0.25, 0.3) is 0 Å². The van der Waals surface area contributed by atoms with Gasteiger partial charge in [0, 0.05) is 37.6 Å². The zero-order valence-corrected chi connectivity index (χ0v) is 11.7. The van der Waals surface area contributed by atoms with Crippen LogP contribution >= 0.6 is 0 Å². The minimum Gasteiger partial charge on any atom is -0.342 e. The molecule has 2 aromatic rings. The second kappa shape index (κ2) is 5.80. The predicted octanol–water partition coefficient (Wildman–Crippen LogP) is 2.24. The van der Waals surface area contributed by atoms with Gasteiger partial charge in [0.15, 0.2) is 0 Å². The third-order valence-corrected chi connectivity index (χ3v) is 2.93. The molecule has 1 atom stereocenters. The molecule has 0 aliphatic carbocycles. The largest absolute Gasteiger partial charge is 0.342 e. The van der Waals surface area contributed by atoms with Crippen molar-refractivity contribution in [2.75, 3.05) is 18.5 Å². The molecule has 100 valence electrons. The Balaban J connectivity index is 2.16. The summed E-state index contributed by atoms with van der Waals surface area (Å²) < 4.78 is 0. The Hall–Kier alpha value is -1.94. The van der Waals surface area contributed by atoms with Crippen molar-refractivity contribution in [1.29, 1.82) is 0 Å². The first-order chi connectivity index (χ1) is 9.06. The summed E-state index contributed by atoms with van der Waals surface area (Å²) in [6.07, 6.45) is 3.70. The monoisotopic (exact) mass is 256 g/mol. The molecule has 1 aromatic heterocycles. The van der Waals surface area contributed by atoms with E-state index < -0.39 is 0 Å². The van der Waals surface area contributed by atoms with Gasteiger partial charge in [-0.25, -0.2) is 9.97 Å². The Morgan fingerprint density at radius 1 is 1.11 bits per heavy atom. The number of likely N-dealkylation sites (N-methyl/N-ethyl adjacent to an activating group) is 1. The highest BCUT2D eigenvalue weighted by molar-refractivity contribution is 5.62. The number of rotatable bonds is 4. The fourth-order valence-electron chi connectivity index (χ4n) is 1.93. The molecule has 1 heterocycles. The highest BCUT2D eigenvalue weighted by Gasteiger charge is 2.07. The van der Waals surface area contributed by atoms with Crippen molar-refractivity contribution in [3.63, 3.8) is 0 Å². The number of anilines is 1. The quantitative estimate of drug-likeness (QED) is 0.911. The van der Waals surface area contributed by atoms with Crippen LogP contribution in [0.15, 0.2) is 36.7 Å². The van der Waals surface area contributed by atoms with E-state index in [0.717, 1.165) is 17.7 Å². The van der Waals surface area contributed by atoms with Gasteiger partial charge in [-0.2, -0.15) is 0 Å². The van der Waals surface area contributed by atoms with Crippen molar-refractivity contribution < 1.29 is 0 Å². The standard InChI is InChI=1S/C15H20N4/c1-11-4-6-13(7-5-11)14-8-17-15(18-9-14)19(3)10-12(2)16/h4-9,12H,10,16H2,1-3H3. The van der Waals surface area contributed by atoms with Crippen LogP contribution in [-0.2, 0) is 0 Å². The van der Waals surface area contributed by atoms with Gasteiger partial charge >= 0.3 is 0 Å². The summed E-state index contributed by atoms with van der Waals surface area (Å²) in [6.45, 7) is 4.79. The van der Waals surface area contributed by atoms with Crippen LogP contribution < -0.4 is 10.6 Å². The van der Waals surface area contributed by atoms with Gasteiger partial charge in [0.2, 0.25) is 5.95 Å². The molecule has 0 saturated heterocycles. The van der Waals surface area contributed by atoms with Crippen molar-refractivity contribution in [2.24, 2.45) is 5.73 Å². The summed E-state index contributed by atoms with van der Waals surface area (Å²) in [4.78, 5) is 10.7. The van der Waals surface area contributed by atoms with E-state index in [1.807, 2.05) is 31.3 Å². The maximum atomic E-state index is 5.77. The first-order valence-electron chi connectivity index (χ1n) is 6.42. The van der Waals surface area contributed by atoms with Crippen LogP contribution in [0.5, 0.6) is 0 Å². The van der Waals surface area contributed by atoms with Crippen molar-refractivity contribution in [2.45, 2.75) is 19.9 Å². The summed E-state index contributed by atoms with van der Waals surface area (Å²) in [5, 5.41) is 0. The lowest BCUT2D eigenvalue weighted by Crippen LogP contribution is -2.33. The Bertz CT molecular complexity index is 517. The second-order valence-corrected chi connectivity index (χ2v) is 5.00.